The summed E-state index contributed by atoms with van der Waals surface area (Å²) >= 11 is 0. The maximum absolute atomic E-state index is 11.7. The van der Waals surface area contributed by atoms with Crippen LogP contribution in [0.25, 0.3) is 0 Å². The molecule has 0 heterocycles. The van der Waals surface area contributed by atoms with Gasteiger partial charge in [-0.25, -0.2) is 19.2 Å². The lowest BCUT2D eigenvalue weighted by molar-refractivity contribution is 0.0478. The Morgan fingerprint density at radius 3 is 0.950 bits per heavy atom. The number of unbranched alkanes of at least 4 members (excludes halogenated alkanes) is 3. The Morgan fingerprint density at radius 1 is 0.450 bits per heavy atom. The number of carboxylic acids is 2. The molecule has 2 aromatic rings. The first-order valence-electron chi connectivity index (χ1n) is 12.7. The third-order valence-corrected chi connectivity index (χ3v) is 4.87. The van der Waals surface area contributed by atoms with Crippen LogP contribution in [0.1, 0.15) is 80.0 Å². The van der Waals surface area contributed by atoms with Crippen LogP contribution in [0.2, 0.25) is 0 Å². The predicted octanol–water partition coefficient (Wildman–Crippen LogP) is 2.38. The van der Waals surface area contributed by atoms with Crippen LogP contribution in [-0.2, 0) is 9.47 Å². The van der Waals surface area contributed by atoms with Crippen LogP contribution >= 0.6 is 0 Å². The molecular formula is C28H38O12. The molecule has 0 amide bonds. The molecule has 6 N–H and O–H groups in total. The number of hydrogen-bond acceptors (Lipinski definition) is 10. The van der Waals surface area contributed by atoms with Crippen LogP contribution in [0, 0.1) is 0 Å². The van der Waals surface area contributed by atoms with Crippen molar-refractivity contribution in [2.24, 2.45) is 0 Å². The summed E-state index contributed by atoms with van der Waals surface area (Å²) in [6, 6.07) is 11.1. The van der Waals surface area contributed by atoms with Gasteiger partial charge in [0.1, 0.15) is 0 Å². The number of carboxylic acid groups (broad SMARTS) is 2. The monoisotopic (exact) mass is 566 g/mol. The van der Waals surface area contributed by atoms with Gasteiger partial charge in [0.2, 0.25) is 0 Å². The zero-order chi connectivity index (χ0) is 30.2. The Balaban J connectivity index is 0.000000701. The van der Waals surface area contributed by atoms with E-state index in [-0.39, 0.29) is 50.8 Å². The largest absolute Gasteiger partial charge is 0.478 e. The Morgan fingerprint density at radius 2 is 0.700 bits per heavy atom. The SMILES string of the molecule is O=C(O)c1ccc(C(=O)O)cc1.O=C(OCCCCO)c1ccc(C(=O)OCCCCO)cc1.OCCCCO. The zero-order valence-electron chi connectivity index (χ0n) is 22.2. The van der Waals surface area contributed by atoms with E-state index in [1.807, 2.05) is 0 Å². The molecule has 40 heavy (non-hydrogen) atoms. The minimum Gasteiger partial charge on any atom is -0.478 e. The van der Waals surface area contributed by atoms with Crippen molar-refractivity contribution in [3.63, 3.8) is 0 Å². The fourth-order valence-electron chi connectivity index (χ4n) is 2.65. The maximum Gasteiger partial charge on any atom is 0.338 e. The van der Waals surface area contributed by atoms with Crippen molar-refractivity contribution < 1.29 is 59.3 Å². The number of aliphatic hydroxyl groups excluding tert-OH is 4. The molecule has 0 radical (unpaired) electrons. The van der Waals surface area contributed by atoms with Crippen LogP contribution in [-0.4, -0.2) is 94.2 Å². The molecule has 0 saturated carbocycles. The number of rotatable bonds is 15. The molecule has 0 spiro atoms. The number of ether oxygens (including phenoxy) is 2. The highest BCUT2D eigenvalue weighted by Gasteiger charge is 2.11. The van der Waals surface area contributed by atoms with Crippen molar-refractivity contribution in [3.8, 4) is 0 Å². The average molecular weight is 567 g/mol. The van der Waals surface area contributed by atoms with Crippen molar-refractivity contribution >= 4 is 23.9 Å². The van der Waals surface area contributed by atoms with E-state index in [1.165, 1.54) is 48.5 Å². The van der Waals surface area contributed by atoms with E-state index in [0.29, 0.717) is 36.8 Å². The van der Waals surface area contributed by atoms with Crippen molar-refractivity contribution in [2.75, 3.05) is 39.6 Å². The Kier molecular flexibility index (Phi) is 20.9. The third-order valence-electron chi connectivity index (χ3n) is 4.87. The lowest BCUT2D eigenvalue weighted by Crippen LogP contribution is -2.09. The van der Waals surface area contributed by atoms with Crippen molar-refractivity contribution in [3.05, 3.63) is 70.8 Å². The normalized spacial score (nSPS) is 9.80. The fraction of sp³-hybridized carbons (Fsp3) is 0.429. The molecule has 0 bridgehead atoms. The molecule has 12 nitrogen and oxygen atoms in total. The third kappa shape index (κ3) is 16.9. The fourth-order valence-corrected chi connectivity index (χ4v) is 2.65. The van der Waals surface area contributed by atoms with Crippen molar-refractivity contribution in [2.45, 2.75) is 38.5 Å². The predicted molar refractivity (Wildman–Crippen MR) is 143 cm³/mol. The summed E-state index contributed by atoms with van der Waals surface area (Å²) in [6.45, 7) is 1.06. The average Bonchev–Trinajstić information content (AvgIpc) is 2.97. The minimum absolute atomic E-state index is 0.0761. The van der Waals surface area contributed by atoms with Gasteiger partial charge < -0.3 is 40.1 Å². The Bertz CT molecular complexity index is 907. The highest BCUT2D eigenvalue weighted by atomic mass is 16.5. The van der Waals surface area contributed by atoms with Gasteiger partial charge in [0.15, 0.2) is 0 Å². The van der Waals surface area contributed by atoms with Crippen molar-refractivity contribution in [1.82, 2.24) is 0 Å². The molecule has 0 aliphatic carbocycles. The topological polar surface area (TPSA) is 208 Å². The smallest absolute Gasteiger partial charge is 0.338 e. The molecule has 0 aromatic heterocycles. The highest BCUT2D eigenvalue weighted by molar-refractivity contribution is 5.93. The molecule has 0 saturated heterocycles. The van der Waals surface area contributed by atoms with Gasteiger partial charge in [-0.3, -0.25) is 0 Å². The lowest BCUT2D eigenvalue weighted by Gasteiger charge is -2.06. The molecular weight excluding hydrogens is 528 g/mol. The van der Waals surface area contributed by atoms with Gasteiger partial charge in [-0.15, -0.1) is 0 Å². The van der Waals surface area contributed by atoms with Gasteiger partial charge in [0.05, 0.1) is 35.5 Å². The van der Waals surface area contributed by atoms with Gasteiger partial charge in [0.25, 0.3) is 0 Å². The summed E-state index contributed by atoms with van der Waals surface area (Å²) in [6.07, 6.45) is 3.84. The van der Waals surface area contributed by atoms with Crippen LogP contribution in [0.4, 0.5) is 0 Å². The van der Waals surface area contributed by atoms with Crippen LogP contribution in [0.15, 0.2) is 48.5 Å². The zero-order valence-corrected chi connectivity index (χ0v) is 22.2. The molecule has 2 rings (SSSR count). The summed E-state index contributed by atoms with van der Waals surface area (Å²) in [5.41, 5.74) is 0.890. The first-order chi connectivity index (χ1) is 19.2. The standard InChI is InChI=1S/C16H22O6.C8H6O4.C4H10O2/c17-9-1-3-11-21-15(19)13-5-7-14(8-6-13)16(20)22-12-4-2-10-18;9-7(10)5-1-2-6(4-3-5)8(11)12;5-3-1-2-4-6/h5-8,17-18H,1-4,9-12H2;1-4H,(H,9,10)(H,11,12);5-6H,1-4H2. The second kappa shape index (κ2) is 23.1. The van der Waals surface area contributed by atoms with E-state index in [2.05, 4.69) is 0 Å². The Labute approximate surface area is 232 Å². The number of aliphatic hydroxyl groups is 4. The van der Waals surface area contributed by atoms with E-state index >= 15 is 0 Å². The lowest BCUT2D eigenvalue weighted by atomic mass is 10.1. The van der Waals surface area contributed by atoms with Gasteiger partial charge in [-0.2, -0.15) is 0 Å². The van der Waals surface area contributed by atoms with Gasteiger partial charge >= 0.3 is 23.9 Å². The molecule has 12 heteroatoms. The van der Waals surface area contributed by atoms with E-state index < -0.39 is 23.9 Å². The summed E-state index contributed by atoms with van der Waals surface area (Å²) < 4.78 is 10.1. The summed E-state index contributed by atoms with van der Waals surface area (Å²) in [7, 11) is 0. The Hall–Kier alpha value is -3.84. The molecule has 0 aliphatic heterocycles. The van der Waals surface area contributed by atoms with E-state index in [9.17, 15) is 19.2 Å². The molecule has 222 valence electrons. The number of carbonyl (C=O) groups is 4. The molecule has 0 atom stereocenters. The molecule has 0 unspecified atom stereocenters. The minimum atomic E-state index is -1.06. The number of hydrogen-bond donors (Lipinski definition) is 6. The number of aromatic carboxylic acids is 2. The first-order valence-corrected chi connectivity index (χ1v) is 12.7. The van der Waals surface area contributed by atoms with E-state index in [1.54, 1.807) is 0 Å². The van der Waals surface area contributed by atoms with Crippen molar-refractivity contribution in [1.29, 1.82) is 0 Å². The number of benzene rings is 2. The summed E-state index contributed by atoms with van der Waals surface area (Å²) in [5, 5.41) is 50.4. The molecule has 0 aliphatic rings. The summed E-state index contributed by atoms with van der Waals surface area (Å²) in [5.74, 6) is -3.04. The van der Waals surface area contributed by atoms with E-state index in [0.717, 1.165) is 12.8 Å². The second-order valence-electron chi connectivity index (χ2n) is 8.05. The highest BCUT2D eigenvalue weighted by Crippen LogP contribution is 2.08. The van der Waals surface area contributed by atoms with E-state index in [4.69, 9.17) is 40.1 Å². The summed E-state index contributed by atoms with van der Waals surface area (Å²) in [4.78, 5) is 44.1. The maximum atomic E-state index is 11.7. The number of carbonyl (C=O) groups excluding carboxylic acids is 2. The number of esters is 2. The van der Waals surface area contributed by atoms with Crippen LogP contribution in [0.5, 0.6) is 0 Å². The van der Waals surface area contributed by atoms with Gasteiger partial charge in [0, 0.05) is 26.4 Å². The second-order valence-corrected chi connectivity index (χ2v) is 8.05. The van der Waals surface area contributed by atoms with Gasteiger partial charge in [-0.1, -0.05) is 0 Å². The molecule has 2 aromatic carbocycles. The van der Waals surface area contributed by atoms with Gasteiger partial charge in [-0.05, 0) is 87.1 Å². The first kappa shape index (κ1) is 36.2. The molecule has 0 fully saturated rings. The quantitative estimate of drug-likeness (QED) is 0.136. The van der Waals surface area contributed by atoms with Crippen LogP contribution in [0.3, 0.4) is 0 Å². The van der Waals surface area contributed by atoms with Crippen LogP contribution < -0.4 is 0 Å².